The number of halogens is 1. The van der Waals surface area contributed by atoms with Crippen LogP contribution in [-0.4, -0.2) is 23.6 Å². The first kappa shape index (κ1) is 16.0. The monoisotopic (exact) mass is 346 g/mol. The van der Waals surface area contributed by atoms with E-state index in [-0.39, 0.29) is 12.6 Å². The quantitative estimate of drug-likeness (QED) is 0.704. The Balaban J connectivity index is 1.83. The normalized spacial score (nSPS) is 17.0. The van der Waals surface area contributed by atoms with Gasteiger partial charge in [0, 0.05) is 17.0 Å². The number of aromatic nitrogens is 1. The lowest BCUT2D eigenvalue weighted by molar-refractivity contribution is 0.255. The Morgan fingerprint density at radius 2 is 2.00 bits per heavy atom. The summed E-state index contributed by atoms with van der Waals surface area (Å²) in [5.74, 6) is -0.419. The molecule has 128 valence electrons. The third kappa shape index (κ3) is 2.45. The molecule has 2 amide bonds. The molecule has 1 aliphatic rings. The zero-order chi connectivity index (χ0) is 18.3. The molecule has 2 heterocycles. The van der Waals surface area contributed by atoms with Crippen LogP contribution >= 0.6 is 0 Å². The Bertz CT molecular complexity index is 1050. The molecule has 0 N–H and O–H groups in total. The molecule has 1 atom stereocenters. The highest BCUT2D eigenvalue weighted by molar-refractivity contribution is 6.11. The number of rotatable bonds is 2. The number of nitrogens with zero attached hydrogens (tertiary/aromatic N) is 4. The predicted octanol–water partition coefficient (Wildman–Crippen LogP) is 4.02. The van der Waals surface area contributed by atoms with Crippen molar-refractivity contribution in [1.82, 2.24) is 4.98 Å². The van der Waals surface area contributed by atoms with Crippen LogP contribution in [0.15, 0.2) is 54.9 Å². The van der Waals surface area contributed by atoms with Crippen molar-refractivity contribution < 1.29 is 9.18 Å². The van der Waals surface area contributed by atoms with E-state index in [0.29, 0.717) is 11.4 Å². The second kappa shape index (κ2) is 6.12. The summed E-state index contributed by atoms with van der Waals surface area (Å²) in [6, 6.07) is 13.0. The molecule has 3 aromatic rings. The molecule has 1 aliphatic heterocycles. The molecule has 5 nitrogen and oxygen atoms in total. The van der Waals surface area contributed by atoms with Gasteiger partial charge in [-0.2, -0.15) is 5.26 Å². The van der Waals surface area contributed by atoms with Gasteiger partial charge in [0.15, 0.2) is 0 Å². The van der Waals surface area contributed by atoms with Crippen LogP contribution < -0.4 is 9.80 Å². The summed E-state index contributed by atoms with van der Waals surface area (Å²) in [4.78, 5) is 20.2. The van der Waals surface area contributed by atoms with Gasteiger partial charge in [-0.3, -0.25) is 14.8 Å². The van der Waals surface area contributed by atoms with E-state index in [1.807, 2.05) is 31.2 Å². The molecule has 2 aromatic carbocycles. The molecule has 4 rings (SSSR count). The van der Waals surface area contributed by atoms with Gasteiger partial charge in [-0.05, 0) is 24.6 Å². The van der Waals surface area contributed by atoms with E-state index in [1.54, 1.807) is 18.5 Å². The van der Waals surface area contributed by atoms with Gasteiger partial charge in [-0.25, -0.2) is 9.18 Å². The van der Waals surface area contributed by atoms with Crippen LogP contribution in [0.5, 0.6) is 0 Å². The number of pyridine rings is 1. The van der Waals surface area contributed by atoms with Crippen molar-refractivity contribution in [2.75, 3.05) is 16.3 Å². The van der Waals surface area contributed by atoms with Gasteiger partial charge in [0.05, 0.1) is 30.2 Å². The fourth-order valence-corrected chi connectivity index (χ4v) is 3.33. The van der Waals surface area contributed by atoms with Crippen molar-refractivity contribution in [2.24, 2.45) is 0 Å². The first-order valence-electron chi connectivity index (χ1n) is 8.19. The molecule has 1 saturated heterocycles. The molecule has 26 heavy (non-hydrogen) atoms. The summed E-state index contributed by atoms with van der Waals surface area (Å²) >= 11 is 0. The molecule has 6 heteroatoms. The van der Waals surface area contributed by atoms with Gasteiger partial charge >= 0.3 is 6.03 Å². The summed E-state index contributed by atoms with van der Waals surface area (Å²) in [7, 11) is 0. The lowest BCUT2D eigenvalue weighted by Gasteiger charge is -2.21. The Hall–Kier alpha value is -3.46. The minimum absolute atomic E-state index is 0.169. The number of anilines is 2. The van der Waals surface area contributed by atoms with Crippen LogP contribution in [0.2, 0.25) is 0 Å². The molecule has 0 aliphatic carbocycles. The average Bonchev–Trinajstić information content (AvgIpc) is 2.99. The number of carbonyl (C=O) groups is 1. The minimum atomic E-state index is -0.683. The number of benzene rings is 2. The first-order chi connectivity index (χ1) is 12.6. The van der Waals surface area contributed by atoms with Gasteiger partial charge in [-0.1, -0.05) is 30.3 Å². The smallest absolute Gasteiger partial charge is 0.290 e. The highest BCUT2D eigenvalue weighted by atomic mass is 19.1. The van der Waals surface area contributed by atoms with E-state index in [1.165, 1.54) is 21.9 Å². The van der Waals surface area contributed by atoms with Gasteiger partial charge in [-0.15, -0.1) is 0 Å². The van der Waals surface area contributed by atoms with E-state index >= 15 is 0 Å². The third-order valence-electron chi connectivity index (χ3n) is 4.62. The SMILES string of the molecule is Cc1ccc(F)cc1N1CC(C#N)N(c2cncc3ccccc23)C1=O. The fourth-order valence-electron chi connectivity index (χ4n) is 3.33. The Labute approximate surface area is 149 Å². The van der Waals surface area contributed by atoms with E-state index in [4.69, 9.17) is 0 Å². The number of carbonyl (C=O) groups excluding carboxylic acids is 1. The maximum atomic E-state index is 13.7. The zero-order valence-electron chi connectivity index (χ0n) is 14.1. The van der Waals surface area contributed by atoms with Gasteiger partial charge < -0.3 is 0 Å². The number of urea groups is 1. The van der Waals surface area contributed by atoms with Crippen molar-refractivity contribution in [2.45, 2.75) is 13.0 Å². The van der Waals surface area contributed by atoms with E-state index in [9.17, 15) is 14.4 Å². The number of hydrogen-bond acceptors (Lipinski definition) is 3. The number of fused-ring (bicyclic) bond motifs is 1. The Kier molecular flexibility index (Phi) is 3.77. The van der Waals surface area contributed by atoms with Gasteiger partial charge in [0.1, 0.15) is 11.9 Å². The number of hydrogen-bond donors (Lipinski definition) is 0. The van der Waals surface area contributed by atoms with E-state index in [2.05, 4.69) is 11.1 Å². The maximum Gasteiger partial charge on any atom is 0.330 e. The van der Waals surface area contributed by atoms with Crippen LogP contribution in [0.3, 0.4) is 0 Å². The Morgan fingerprint density at radius 3 is 2.81 bits per heavy atom. The van der Waals surface area contributed by atoms with E-state index in [0.717, 1.165) is 16.3 Å². The third-order valence-corrected chi connectivity index (χ3v) is 4.62. The standard InChI is InChI=1S/C20H15FN4O/c1-13-6-7-15(21)8-18(13)24-12-16(9-22)25(20(24)26)19-11-23-10-14-4-2-3-5-17(14)19/h2-8,10-11,16H,12H2,1H3. The average molecular weight is 346 g/mol. The second-order valence-corrected chi connectivity index (χ2v) is 6.22. The van der Waals surface area contributed by atoms with Crippen molar-refractivity contribution in [3.63, 3.8) is 0 Å². The van der Waals surface area contributed by atoms with Crippen LogP contribution in [0.4, 0.5) is 20.6 Å². The number of aryl methyl sites for hydroxylation is 1. The molecule has 0 spiro atoms. The molecule has 1 unspecified atom stereocenters. The lowest BCUT2D eigenvalue weighted by Crippen LogP contribution is -2.34. The lowest BCUT2D eigenvalue weighted by atomic mass is 10.1. The summed E-state index contributed by atoms with van der Waals surface area (Å²) in [6.45, 7) is 1.98. The summed E-state index contributed by atoms with van der Waals surface area (Å²) < 4.78 is 13.7. The predicted molar refractivity (Wildman–Crippen MR) is 97.5 cm³/mol. The van der Waals surface area contributed by atoms with Gasteiger partial charge in [0.2, 0.25) is 0 Å². The fraction of sp³-hybridized carbons (Fsp3) is 0.150. The summed E-state index contributed by atoms with van der Waals surface area (Å²) in [6.07, 6.45) is 3.31. The van der Waals surface area contributed by atoms with Crippen LogP contribution in [0.1, 0.15) is 5.56 Å². The van der Waals surface area contributed by atoms with Crippen molar-refractivity contribution in [3.05, 3.63) is 66.2 Å². The van der Waals surface area contributed by atoms with Crippen LogP contribution in [0, 0.1) is 24.1 Å². The Morgan fingerprint density at radius 1 is 1.19 bits per heavy atom. The molecular weight excluding hydrogens is 331 g/mol. The van der Waals surface area contributed by atoms with Gasteiger partial charge in [0.25, 0.3) is 0 Å². The van der Waals surface area contributed by atoms with Crippen LogP contribution in [0.25, 0.3) is 10.8 Å². The van der Waals surface area contributed by atoms with E-state index < -0.39 is 11.9 Å². The molecule has 0 bridgehead atoms. The van der Waals surface area contributed by atoms with Crippen molar-refractivity contribution >= 4 is 28.2 Å². The second-order valence-electron chi connectivity index (χ2n) is 6.22. The maximum absolute atomic E-state index is 13.7. The molecule has 1 aromatic heterocycles. The van der Waals surface area contributed by atoms with Crippen molar-refractivity contribution in [1.29, 1.82) is 5.26 Å². The summed E-state index contributed by atoms with van der Waals surface area (Å²) in [5.41, 5.74) is 1.83. The topological polar surface area (TPSA) is 60.2 Å². The zero-order valence-corrected chi connectivity index (χ0v) is 14.1. The summed E-state index contributed by atoms with van der Waals surface area (Å²) in [5, 5.41) is 11.3. The molecule has 1 fully saturated rings. The minimum Gasteiger partial charge on any atom is -0.290 e. The van der Waals surface area contributed by atoms with Crippen molar-refractivity contribution in [3.8, 4) is 6.07 Å². The number of nitriles is 1. The number of amides is 2. The first-order valence-corrected chi connectivity index (χ1v) is 8.19. The molecule has 0 radical (unpaired) electrons. The largest absolute Gasteiger partial charge is 0.330 e. The van der Waals surface area contributed by atoms with Crippen LogP contribution in [-0.2, 0) is 0 Å². The molecule has 0 saturated carbocycles. The molecular formula is C20H15FN4O. The highest BCUT2D eigenvalue weighted by Gasteiger charge is 2.40. The highest BCUT2D eigenvalue weighted by Crippen LogP contribution is 2.34.